The highest BCUT2D eigenvalue weighted by Crippen LogP contribution is 2.28. The normalized spacial score (nSPS) is 18.6. The number of halogens is 1. The fraction of sp³-hybridized carbons (Fsp3) is 0.429. The van der Waals surface area contributed by atoms with E-state index in [0.29, 0.717) is 10.5 Å². The van der Waals surface area contributed by atoms with Gasteiger partial charge in [-0.05, 0) is 30.5 Å². The average Bonchev–Trinajstić information content (AvgIpc) is 2.47. The first-order valence-corrected chi connectivity index (χ1v) is 6.96. The van der Waals surface area contributed by atoms with Crippen molar-refractivity contribution in [1.82, 2.24) is 14.9 Å². The monoisotopic (exact) mass is 277 g/mol. The molecule has 1 aromatic heterocycles. The first-order valence-electron chi connectivity index (χ1n) is 6.58. The summed E-state index contributed by atoms with van der Waals surface area (Å²) in [5, 5.41) is 11.0. The third-order valence-corrected chi connectivity index (χ3v) is 3.87. The third-order valence-electron chi connectivity index (χ3n) is 3.58. The minimum Gasteiger partial charge on any atom is -0.374 e. The summed E-state index contributed by atoms with van der Waals surface area (Å²) in [5.41, 5.74) is 2.19. The first kappa shape index (κ1) is 12.8. The van der Waals surface area contributed by atoms with E-state index in [1.54, 1.807) is 18.5 Å². The van der Waals surface area contributed by atoms with E-state index in [2.05, 4.69) is 14.9 Å². The third kappa shape index (κ3) is 2.56. The van der Waals surface area contributed by atoms with Crippen LogP contribution in [0.15, 0.2) is 24.5 Å². The van der Waals surface area contributed by atoms with Crippen LogP contribution in [0.25, 0.3) is 11.0 Å². The van der Waals surface area contributed by atoms with Crippen LogP contribution in [-0.2, 0) is 0 Å². The SMILES string of the molecule is OC(c1cc(Cl)c2nccnc2c1)N1CCCCC1. The second-order valence-electron chi connectivity index (χ2n) is 4.90. The molecule has 1 aliphatic rings. The van der Waals surface area contributed by atoms with Crippen LogP contribution in [-0.4, -0.2) is 33.1 Å². The molecule has 2 aromatic rings. The fourth-order valence-corrected chi connectivity index (χ4v) is 2.85. The summed E-state index contributed by atoms with van der Waals surface area (Å²) in [6.45, 7) is 1.86. The van der Waals surface area contributed by atoms with E-state index >= 15 is 0 Å². The molecule has 1 fully saturated rings. The molecule has 19 heavy (non-hydrogen) atoms. The van der Waals surface area contributed by atoms with Gasteiger partial charge in [-0.1, -0.05) is 18.0 Å². The Morgan fingerprint density at radius 3 is 2.63 bits per heavy atom. The maximum atomic E-state index is 10.4. The number of aliphatic hydroxyl groups excluding tert-OH is 1. The molecule has 0 spiro atoms. The summed E-state index contributed by atoms with van der Waals surface area (Å²) in [6.07, 6.45) is 6.16. The van der Waals surface area contributed by atoms with Crippen molar-refractivity contribution in [1.29, 1.82) is 0 Å². The molecule has 4 nitrogen and oxygen atoms in total. The van der Waals surface area contributed by atoms with Crippen LogP contribution in [0.3, 0.4) is 0 Å². The van der Waals surface area contributed by atoms with Crippen molar-refractivity contribution >= 4 is 22.6 Å². The number of fused-ring (bicyclic) bond motifs is 1. The number of likely N-dealkylation sites (tertiary alicyclic amines) is 1. The van der Waals surface area contributed by atoms with E-state index in [1.165, 1.54) is 6.42 Å². The van der Waals surface area contributed by atoms with Crippen LogP contribution >= 0.6 is 11.6 Å². The molecular formula is C14H16ClN3O. The van der Waals surface area contributed by atoms with Gasteiger partial charge in [0.2, 0.25) is 0 Å². The Kier molecular flexibility index (Phi) is 3.64. The van der Waals surface area contributed by atoms with Gasteiger partial charge in [0.15, 0.2) is 0 Å². The minimum atomic E-state index is -0.607. The molecule has 0 saturated carbocycles. The van der Waals surface area contributed by atoms with E-state index in [0.717, 1.165) is 37.0 Å². The van der Waals surface area contributed by atoms with E-state index in [4.69, 9.17) is 11.6 Å². The lowest BCUT2D eigenvalue weighted by molar-refractivity contribution is -0.00974. The van der Waals surface area contributed by atoms with Crippen molar-refractivity contribution in [3.05, 3.63) is 35.1 Å². The number of piperidine rings is 1. The van der Waals surface area contributed by atoms with Gasteiger partial charge < -0.3 is 5.11 Å². The lowest BCUT2D eigenvalue weighted by Gasteiger charge is -2.31. The lowest BCUT2D eigenvalue weighted by atomic mass is 10.1. The Hall–Kier alpha value is -1.23. The van der Waals surface area contributed by atoms with Crippen molar-refractivity contribution in [2.75, 3.05) is 13.1 Å². The molecule has 5 heteroatoms. The average molecular weight is 278 g/mol. The van der Waals surface area contributed by atoms with Gasteiger partial charge in [-0.25, -0.2) is 0 Å². The quantitative estimate of drug-likeness (QED) is 0.917. The Morgan fingerprint density at radius 2 is 1.84 bits per heavy atom. The predicted octanol–water partition coefficient (Wildman–Crippen LogP) is 2.76. The van der Waals surface area contributed by atoms with Crippen LogP contribution in [0, 0.1) is 0 Å². The number of aromatic nitrogens is 2. The largest absolute Gasteiger partial charge is 0.374 e. The summed E-state index contributed by atoms with van der Waals surface area (Å²) in [4.78, 5) is 10.5. The van der Waals surface area contributed by atoms with E-state index < -0.39 is 6.23 Å². The smallest absolute Gasteiger partial charge is 0.133 e. The summed E-state index contributed by atoms with van der Waals surface area (Å²) >= 11 is 6.21. The molecule has 1 aromatic carbocycles. The highest BCUT2D eigenvalue weighted by molar-refractivity contribution is 6.34. The maximum Gasteiger partial charge on any atom is 0.133 e. The molecule has 0 amide bonds. The van der Waals surface area contributed by atoms with Gasteiger partial charge in [0, 0.05) is 25.5 Å². The predicted molar refractivity (Wildman–Crippen MR) is 74.9 cm³/mol. The van der Waals surface area contributed by atoms with Gasteiger partial charge in [0.05, 0.1) is 10.5 Å². The van der Waals surface area contributed by atoms with Gasteiger partial charge in [-0.2, -0.15) is 0 Å². The number of nitrogens with zero attached hydrogens (tertiary/aromatic N) is 3. The zero-order chi connectivity index (χ0) is 13.2. The van der Waals surface area contributed by atoms with E-state index in [9.17, 15) is 5.11 Å². The molecule has 1 aliphatic heterocycles. The van der Waals surface area contributed by atoms with Gasteiger partial charge in [0.25, 0.3) is 0 Å². The summed E-state index contributed by atoms with van der Waals surface area (Å²) in [5.74, 6) is 0. The Balaban J connectivity index is 1.95. The van der Waals surface area contributed by atoms with E-state index in [-0.39, 0.29) is 0 Å². The number of aliphatic hydroxyl groups is 1. The highest BCUT2D eigenvalue weighted by Gasteiger charge is 2.21. The highest BCUT2D eigenvalue weighted by atomic mass is 35.5. The van der Waals surface area contributed by atoms with Crippen LogP contribution in [0.1, 0.15) is 31.1 Å². The van der Waals surface area contributed by atoms with Gasteiger partial charge in [-0.3, -0.25) is 14.9 Å². The molecule has 0 aliphatic carbocycles. The number of hydrogen-bond donors (Lipinski definition) is 1. The first-order chi connectivity index (χ1) is 9.25. The summed E-state index contributed by atoms with van der Waals surface area (Å²) in [7, 11) is 0. The van der Waals surface area contributed by atoms with Crippen LogP contribution < -0.4 is 0 Å². The topological polar surface area (TPSA) is 49.3 Å². The van der Waals surface area contributed by atoms with Crippen molar-refractivity contribution in [2.24, 2.45) is 0 Å². The Morgan fingerprint density at radius 1 is 1.11 bits per heavy atom. The lowest BCUT2D eigenvalue weighted by Crippen LogP contribution is -2.33. The summed E-state index contributed by atoms with van der Waals surface area (Å²) in [6, 6.07) is 3.66. The minimum absolute atomic E-state index is 0.539. The zero-order valence-corrected chi connectivity index (χ0v) is 11.3. The standard InChI is InChI=1S/C14H16ClN3O/c15-11-8-10(9-12-13(11)17-5-4-16-12)14(19)18-6-2-1-3-7-18/h4-5,8-9,14,19H,1-3,6-7H2. The van der Waals surface area contributed by atoms with Crippen LogP contribution in [0.4, 0.5) is 0 Å². The molecule has 100 valence electrons. The molecule has 1 N–H and O–H groups in total. The second kappa shape index (κ2) is 5.41. The molecule has 3 rings (SSSR count). The van der Waals surface area contributed by atoms with Crippen molar-refractivity contribution in [3.63, 3.8) is 0 Å². The second-order valence-corrected chi connectivity index (χ2v) is 5.30. The number of benzene rings is 1. The molecule has 1 atom stereocenters. The number of rotatable bonds is 2. The maximum absolute atomic E-state index is 10.4. The molecule has 2 heterocycles. The van der Waals surface area contributed by atoms with Gasteiger partial charge in [0.1, 0.15) is 11.7 Å². The summed E-state index contributed by atoms with van der Waals surface area (Å²) < 4.78 is 0. The van der Waals surface area contributed by atoms with Crippen LogP contribution in [0.5, 0.6) is 0 Å². The Labute approximate surface area is 117 Å². The van der Waals surface area contributed by atoms with Gasteiger partial charge in [-0.15, -0.1) is 0 Å². The van der Waals surface area contributed by atoms with Crippen molar-refractivity contribution in [2.45, 2.75) is 25.5 Å². The van der Waals surface area contributed by atoms with Gasteiger partial charge >= 0.3 is 0 Å². The number of hydrogen-bond acceptors (Lipinski definition) is 4. The molecule has 1 saturated heterocycles. The van der Waals surface area contributed by atoms with E-state index in [1.807, 2.05) is 6.07 Å². The molecule has 0 bridgehead atoms. The Bertz CT molecular complexity index is 584. The molecule has 0 radical (unpaired) electrons. The zero-order valence-electron chi connectivity index (χ0n) is 10.6. The van der Waals surface area contributed by atoms with Crippen LogP contribution in [0.2, 0.25) is 5.02 Å². The molecule has 1 unspecified atom stereocenters. The fourth-order valence-electron chi connectivity index (χ4n) is 2.58. The van der Waals surface area contributed by atoms with Crippen molar-refractivity contribution < 1.29 is 5.11 Å². The van der Waals surface area contributed by atoms with Crippen molar-refractivity contribution in [3.8, 4) is 0 Å². The molecular weight excluding hydrogens is 262 g/mol.